The average Bonchev–Trinajstić information content (AvgIpc) is 2.62. The zero-order valence-corrected chi connectivity index (χ0v) is 12.3. The molecule has 5 nitrogen and oxygen atoms in total. The highest BCUT2D eigenvalue weighted by Crippen LogP contribution is 2.18. The summed E-state index contributed by atoms with van der Waals surface area (Å²) in [5, 5.41) is 0. The molecule has 0 aromatic carbocycles. The molecular weight excluding hydrogens is 276 g/mol. The Bertz CT molecular complexity index is 453. The van der Waals surface area contributed by atoms with Gasteiger partial charge in [0.05, 0.1) is 17.6 Å². The molecule has 0 aliphatic heterocycles. The van der Waals surface area contributed by atoms with E-state index in [0.717, 1.165) is 11.3 Å². The van der Waals surface area contributed by atoms with E-state index in [1.165, 1.54) is 18.1 Å². The lowest BCUT2D eigenvalue weighted by molar-refractivity contribution is 0.0295. The van der Waals surface area contributed by atoms with E-state index < -0.39 is 11.7 Å². The van der Waals surface area contributed by atoms with Crippen molar-refractivity contribution < 1.29 is 14.3 Å². The molecule has 100 valence electrons. The summed E-state index contributed by atoms with van der Waals surface area (Å²) in [6, 6.07) is 0. The standard InChI is InChI=1S/C11H15ClN2O3S/c1-11(2,3)17-10(16)14(4)6-7(15)8-5-13-9(12)18-8/h5H,6H2,1-4H3. The van der Waals surface area contributed by atoms with Gasteiger partial charge in [-0.3, -0.25) is 4.79 Å². The molecule has 0 unspecified atom stereocenters. The number of Topliss-reactive ketones (excluding diaryl/α,β-unsaturated/α-hetero) is 1. The molecule has 0 bridgehead atoms. The van der Waals surface area contributed by atoms with Crippen molar-refractivity contribution in [3.63, 3.8) is 0 Å². The van der Waals surface area contributed by atoms with Crippen molar-refractivity contribution in [2.24, 2.45) is 0 Å². The Morgan fingerprint density at radius 1 is 1.50 bits per heavy atom. The number of hydrogen-bond donors (Lipinski definition) is 0. The number of halogens is 1. The molecule has 0 aliphatic carbocycles. The summed E-state index contributed by atoms with van der Waals surface area (Å²) < 4.78 is 5.44. The third-order valence-corrected chi connectivity index (χ3v) is 2.99. The van der Waals surface area contributed by atoms with Gasteiger partial charge in [-0.15, -0.1) is 0 Å². The van der Waals surface area contributed by atoms with Gasteiger partial charge in [-0.2, -0.15) is 0 Å². The second-order valence-electron chi connectivity index (χ2n) is 4.74. The number of amides is 1. The second kappa shape index (κ2) is 5.67. The highest BCUT2D eigenvalue weighted by molar-refractivity contribution is 7.17. The van der Waals surface area contributed by atoms with Crippen LogP contribution in [0.5, 0.6) is 0 Å². The lowest BCUT2D eigenvalue weighted by Gasteiger charge is -2.24. The van der Waals surface area contributed by atoms with Gasteiger partial charge in [0, 0.05) is 7.05 Å². The summed E-state index contributed by atoms with van der Waals surface area (Å²) in [4.78, 5) is 28.9. The lowest BCUT2D eigenvalue weighted by atomic mass is 10.2. The summed E-state index contributed by atoms with van der Waals surface area (Å²) in [5.41, 5.74) is -0.581. The van der Waals surface area contributed by atoms with Gasteiger partial charge in [-0.1, -0.05) is 22.9 Å². The first kappa shape index (κ1) is 14.9. The molecule has 0 saturated carbocycles. The van der Waals surface area contributed by atoms with Crippen molar-refractivity contribution >= 4 is 34.8 Å². The number of nitrogens with zero attached hydrogens (tertiary/aromatic N) is 2. The number of ketones is 1. The fraction of sp³-hybridized carbons (Fsp3) is 0.545. The molecule has 0 radical (unpaired) electrons. The Kier molecular flexibility index (Phi) is 4.70. The first-order chi connectivity index (χ1) is 8.19. The van der Waals surface area contributed by atoms with E-state index in [1.54, 1.807) is 20.8 Å². The number of carbonyl (C=O) groups is 2. The van der Waals surface area contributed by atoms with E-state index in [-0.39, 0.29) is 12.3 Å². The van der Waals surface area contributed by atoms with Crippen molar-refractivity contribution in [2.75, 3.05) is 13.6 Å². The van der Waals surface area contributed by atoms with Gasteiger partial charge in [0.1, 0.15) is 5.60 Å². The number of hydrogen-bond acceptors (Lipinski definition) is 5. The Balaban J connectivity index is 2.57. The lowest BCUT2D eigenvalue weighted by Crippen LogP contribution is -2.37. The zero-order valence-electron chi connectivity index (χ0n) is 10.7. The highest BCUT2D eigenvalue weighted by atomic mass is 35.5. The van der Waals surface area contributed by atoms with E-state index in [0.29, 0.717) is 9.34 Å². The highest BCUT2D eigenvalue weighted by Gasteiger charge is 2.22. The molecule has 1 aromatic heterocycles. The minimum absolute atomic E-state index is 0.0621. The van der Waals surface area contributed by atoms with E-state index in [1.807, 2.05) is 0 Å². The zero-order chi connectivity index (χ0) is 13.9. The molecular formula is C11H15ClN2O3S. The van der Waals surface area contributed by atoms with Gasteiger partial charge in [-0.25, -0.2) is 9.78 Å². The quantitative estimate of drug-likeness (QED) is 0.803. The molecule has 0 N–H and O–H groups in total. The topological polar surface area (TPSA) is 59.5 Å². The summed E-state index contributed by atoms with van der Waals surface area (Å²) in [6.45, 7) is 5.24. The first-order valence-corrected chi connectivity index (χ1v) is 6.47. The predicted octanol–water partition coefficient (Wildman–Crippen LogP) is 2.85. The predicted molar refractivity (Wildman–Crippen MR) is 70.3 cm³/mol. The van der Waals surface area contributed by atoms with Crippen LogP contribution < -0.4 is 0 Å². The van der Waals surface area contributed by atoms with E-state index in [4.69, 9.17) is 16.3 Å². The van der Waals surface area contributed by atoms with Crippen molar-refractivity contribution in [1.82, 2.24) is 9.88 Å². The fourth-order valence-corrected chi connectivity index (χ4v) is 1.95. The van der Waals surface area contributed by atoms with Crippen LogP contribution in [0.1, 0.15) is 30.4 Å². The van der Waals surface area contributed by atoms with Crippen LogP contribution in [0.3, 0.4) is 0 Å². The third kappa shape index (κ3) is 4.62. The van der Waals surface area contributed by atoms with Crippen LogP contribution in [-0.2, 0) is 4.74 Å². The molecule has 1 aromatic rings. The number of likely N-dealkylation sites (N-methyl/N-ethyl adjacent to an activating group) is 1. The molecule has 0 aliphatic rings. The largest absolute Gasteiger partial charge is 0.444 e. The maximum atomic E-state index is 11.8. The Labute approximate surface area is 115 Å². The molecule has 0 spiro atoms. The van der Waals surface area contributed by atoms with Crippen LogP contribution in [0, 0.1) is 0 Å². The van der Waals surface area contributed by atoms with Crippen LogP contribution in [-0.4, -0.2) is 41.0 Å². The van der Waals surface area contributed by atoms with Crippen LogP contribution in [0.4, 0.5) is 4.79 Å². The van der Waals surface area contributed by atoms with Gasteiger partial charge in [0.2, 0.25) is 0 Å². The van der Waals surface area contributed by atoms with Crippen molar-refractivity contribution in [2.45, 2.75) is 26.4 Å². The molecule has 1 rings (SSSR count). The molecule has 1 amide bonds. The second-order valence-corrected chi connectivity index (χ2v) is 6.35. The molecule has 0 atom stereocenters. The Hall–Kier alpha value is -1.14. The van der Waals surface area contributed by atoms with Crippen LogP contribution in [0.15, 0.2) is 6.20 Å². The van der Waals surface area contributed by atoms with Gasteiger partial charge < -0.3 is 9.64 Å². The summed E-state index contributed by atoms with van der Waals surface area (Å²) in [6.07, 6.45) is 0.865. The summed E-state index contributed by atoms with van der Waals surface area (Å²) in [5.74, 6) is -0.215. The first-order valence-electron chi connectivity index (χ1n) is 5.27. The molecule has 18 heavy (non-hydrogen) atoms. The monoisotopic (exact) mass is 290 g/mol. The van der Waals surface area contributed by atoms with E-state index in [9.17, 15) is 9.59 Å². The normalized spacial score (nSPS) is 11.2. The number of aromatic nitrogens is 1. The maximum Gasteiger partial charge on any atom is 0.410 e. The molecule has 1 heterocycles. The molecule has 7 heteroatoms. The molecule has 0 fully saturated rings. The van der Waals surface area contributed by atoms with Gasteiger partial charge in [-0.05, 0) is 20.8 Å². The smallest absolute Gasteiger partial charge is 0.410 e. The Morgan fingerprint density at radius 3 is 2.56 bits per heavy atom. The minimum Gasteiger partial charge on any atom is -0.444 e. The van der Waals surface area contributed by atoms with E-state index >= 15 is 0 Å². The van der Waals surface area contributed by atoms with Gasteiger partial charge in [0.25, 0.3) is 0 Å². The van der Waals surface area contributed by atoms with Crippen LogP contribution in [0.25, 0.3) is 0 Å². The van der Waals surface area contributed by atoms with Crippen molar-refractivity contribution in [3.05, 3.63) is 15.5 Å². The number of rotatable bonds is 3. The third-order valence-electron chi connectivity index (χ3n) is 1.84. The van der Waals surface area contributed by atoms with E-state index in [2.05, 4.69) is 4.98 Å². The van der Waals surface area contributed by atoms with Gasteiger partial charge in [0.15, 0.2) is 10.3 Å². The number of thiazole rings is 1. The fourth-order valence-electron chi connectivity index (χ4n) is 1.08. The summed E-state index contributed by atoms with van der Waals surface area (Å²) >= 11 is 6.73. The Morgan fingerprint density at radius 2 is 2.11 bits per heavy atom. The van der Waals surface area contributed by atoms with Crippen LogP contribution >= 0.6 is 22.9 Å². The van der Waals surface area contributed by atoms with Crippen LogP contribution in [0.2, 0.25) is 4.47 Å². The maximum absolute atomic E-state index is 11.8. The van der Waals surface area contributed by atoms with Gasteiger partial charge >= 0.3 is 6.09 Å². The van der Waals surface area contributed by atoms with Crippen molar-refractivity contribution in [1.29, 1.82) is 0 Å². The minimum atomic E-state index is -0.581. The number of carbonyl (C=O) groups excluding carboxylic acids is 2. The SMILES string of the molecule is CN(CC(=O)c1cnc(Cl)s1)C(=O)OC(C)(C)C. The average molecular weight is 291 g/mol. The number of ether oxygens (including phenoxy) is 1. The molecule has 0 saturated heterocycles. The summed E-state index contributed by atoms with van der Waals surface area (Å²) in [7, 11) is 1.51. The van der Waals surface area contributed by atoms with Crippen molar-refractivity contribution in [3.8, 4) is 0 Å².